The molecule has 0 aliphatic carbocycles. The Morgan fingerprint density at radius 2 is 1.76 bits per heavy atom. The number of aromatic amines is 1. The first-order valence-corrected chi connectivity index (χ1v) is 15.0. The zero-order valence-corrected chi connectivity index (χ0v) is 26.1. The fourth-order valence-corrected chi connectivity index (χ4v) is 5.15. The van der Waals surface area contributed by atoms with E-state index in [0.717, 1.165) is 17.7 Å². The van der Waals surface area contributed by atoms with Crippen molar-refractivity contribution in [2.75, 3.05) is 30.8 Å². The van der Waals surface area contributed by atoms with Crippen LogP contribution in [-0.2, 0) is 11.3 Å². The SMILES string of the molecule is COc1ccc(Cn2nc(N[C@@H]3CCN(C(=O)OC(C)(C)C)C3)c3c(Oc4ccc(C(=O)Nc5ncc[nH]5)cc4)ccnc32)cc1. The molecular formula is C33H36N8O5. The van der Waals surface area contributed by atoms with Crippen LogP contribution in [0, 0.1) is 0 Å². The molecule has 0 saturated carbocycles. The summed E-state index contributed by atoms with van der Waals surface area (Å²) < 4.78 is 19.1. The molecule has 13 heteroatoms. The van der Waals surface area contributed by atoms with Crippen molar-refractivity contribution in [3.05, 3.63) is 84.3 Å². The molecule has 1 atom stereocenters. The van der Waals surface area contributed by atoms with Crippen molar-refractivity contribution in [1.82, 2.24) is 29.6 Å². The number of benzene rings is 2. The molecule has 1 aliphatic rings. The van der Waals surface area contributed by atoms with Gasteiger partial charge in [-0.3, -0.25) is 10.1 Å². The molecule has 1 aliphatic heterocycles. The van der Waals surface area contributed by atoms with Crippen LogP contribution in [0.25, 0.3) is 11.0 Å². The first kappa shape index (κ1) is 30.4. The molecule has 1 saturated heterocycles. The summed E-state index contributed by atoms with van der Waals surface area (Å²) in [4.78, 5) is 38.6. The standard InChI is InChI=1S/C33H36N8O5/c1-33(2,3)46-32(43)40-18-14-23(20-40)37-28-27-26(45-25-11-7-22(8-12-25)30(42)38-31-35-16-17-36-31)13-15-34-29(27)41(39-28)19-21-5-9-24(44-4)10-6-21/h5-13,15-17,23H,14,18-20H2,1-4H3,(H,37,39)(H2,35,36,38,42)/t23-/m1/s1. The van der Waals surface area contributed by atoms with E-state index >= 15 is 0 Å². The highest BCUT2D eigenvalue weighted by Gasteiger charge is 2.31. The molecule has 4 heterocycles. The number of anilines is 2. The molecule has 0 unspecified atom stereocenters. The molecule has 3 aromatic heterocycles. The Kier molecular flexibility index (Phi) is 8.47. The number of H-pyrrole nitrogens is 1. The van der Waals surface area contributed by atoms with E-state index in [-0.39, 0.29) is 18.0 Å². The average Bonchev–Trinajstić information content (AvgIpc) is 3.79. The highest BCUT2D eigenvalue weighted by molar-refractivity contribution is 6.03. The maximum Gasteiger partial charge on any atom is 0.410 e. The first-order chi connectivity index (χ1) is 22.1. The summed E-state index contributed by atoms with van der Waals surface area (Å²) in [5.41, 5.74) is 1.53. The Morgan fingerprint density at radius 3 is 2.46 bits per heavy atom. The Hall–Kier alpha value is -5.59. The van der Waals surface area contributed by atoms with Crippen LogP contribution in [0.1, 0.15) is 43.1 Å². The number of methoxy groups -OCH3 is 1. The van der Waals surface area contributed by atoms with E-state index in [1.165, 1.54) is 0 Å². The lowest BCUT2D eigenvalue weighted by Crippen LogP contribution is -2.36. The molecule has 0 spiro atoms. The van der Waals surface area contributed by atoms with Gasteiger partial charge in [-0.2, -0.15) is 5.10 Å². The smallest absolute Gasteiger partial charge is 0.410 e. The molecule has 0 radical (unpaired) electrons. The molecule has 13 nitrogen and oxygen atoms in total. The molecular weight excluding hydrogens is 588 g/mol. The molecule has 46 heavy (non-hydrogen) atoms. The number of imidazole rings is 1. The summed E-state index contributed by atoms with van der Waals surface area (Å²) >= 11 is 0. The summed E-state index contributed by atoms with van der Waals surface area (Å²) in [7, 11) is 1.63. The van der Waals surface area contributed by atoms with E-state index in [1.54, 1.807) is 60.9 Å². The summed E-state index contributed by atoms with van der Waals surface area (Å²) in [6.07, 6.45) is 5.27. The van der Waals surface area contributed by atoms with Gasteiger partial charge in [-0.25, -0.2) is 19.4 Å². The Labute approximate surface area is 265 Å². The van der Waals surface area contributed by atoms with Crippen LogP contribution in [0.4, 0.5) is 16.6 Å². The first-order valence-electron chi connectivity index (χ1n) is 15.0. The van der Waals surface area contributed by atoms with Gasteiger partial charge in [0.05, 0.1) is 13.7 Å². The third-order valence-electron chi connectivity index (χ3n) is 7.34. The van der Waals surface area contributed by atoms with Gasteiger partial charge in [0.15, 0.2) is 11.5 Å². The number of rotatable bonds is 9. The van der Waals surface area contributed by atoms with Crippen LogP contribution < -0.4 is 20.1 Å². The van der Waals surface area contributed by atoms with Gasteiger partial charge in [0.25, 0.3) is 5.91 Å². The van der Waals surface area contributed by atoms with Crippen molar-refractivity contribution in [1.29, 1.82) is 0 Å². The molecule has 5 aromatic rings. The highest BCUT2D eigenvalue weighted by Crippen LogP contribution is 2.35. The quantitative estimate of drug-likeness (QED) is 0.188. The highest BCUT2D eigenvalue weighted by atomic mass is 16.6. The minimum atomic E-state index is -0.571. The van der Waals surface area contributed by atoms with Crippen LogP contribution in [0.3, 0.4) is 0 Å². The summed E-state index contributed by atoms with van der Waals surface area (Å²) in [5.74, 6) is 2.52. The van der Waals surface area contributed by atoms with Gasteiger partial charge in [0, 0.05) is 49.4 Å². The third kappa shape index (κ3) is 7.04. The summed E-state index contributed by atoms with van der Waals surface area (Å²) in [5, 5.41) is 11.9. The second kappa shape index (κ2) is 12.8. The topological polar surface area (TPSA) is 149 Å². The van der Waals surface area contributed by atoms with E-state index in [1.807, 2.05) is 49.7 Å². The number of carbonyl (C=O) groups excluding carboxylic acids is 2. The fourth-order valence-electron chi connectivity index (χ4n) is 5.15. The van der Waals surface area contributed by atoms with Gasteiger partial charge >= 0.3 is 6.09 Å². The van der Waals surface area contributed by atoms with E-state index in [4.69, 9.17) is 19.3 Å². The molecule has 6 rings (SSSR count). The molecule has 1 fully saturated rings. The zero-order chi connectivity index (χ0) is 32.3. The zero-order valence-electron chi connectivity index (χ0n) is 26.1. The number of amides is 2. The van der Waals surface area contributed by atoms with Gasteiger partial charge in [0.2, 0.25) is 5.95 Å². The molecule has 2 amide bonds. The summed E-state index contributed by atoms with van der Waals surface area (Å²) in [6, 6.07) is 16.3. The average molecular weight is 625 g/mol. The molecule has 2 aromatic carbocycles. The van der Waals surface area contributed by atoms with Crippen LogP contribution in [0.15, 0.2) is 73.2 Å². The van der Waals surface area contributed by atoms with Gasteiger partial charge in [-0.1, -0.05) is 12.1 Å². The number of hydrogen-bond acceptors (Lipinski definition) is 9. The van der Waals surface area contributed by atoms with Crippen molar-refractivity contribution in [3.63, 3.8) is 0 Å². The number of nitrogens with zero attached hydrogens (tertiary/aromatic N) is 5. The van der Waals surface area contributed by atoms with Gasteiger partial charge < -0.3 is 29.4 Å². The number of pyridine rings is 1. The number of likely N-dealkylation sites (tertiary alicyclic amines) is 1. The number of hydrogen-bond donors (Lipinski definition) is 3. The van der Waals surface area contributed by atoms with E-state index in [2.05, 4.69) is 25.6 Å². The lowest BCUT2D eigenvalue weighted by Gasteiger charge is -2.24. The van der Waals surface area contributed by atoms with Crippen LogP contribution >= 0.6 is 0 Å². The van der Waals surface area contributed by atoms with Gasteiger partial charge in [-0.15, -0.1) is 0 Å². The number of aromatic nitrogens is 5. The van der Waals surface area contributed by atoms with Crippen molar-refractivity contribution in [3.8, 4) is 17.2 Å². The minimum Gasteiger partial charge on any atom is -0.497 e. The molecule has 238 valence electrons. The Bertz CT molecular complexity index is 1810. The Morgan fingerprint density at radius 1 is 1.00 bits per heavy atom. The van der Waals surface area contributed by atoms with Crippen molar-refractivity contribution < 1.29 is 23.8 Å². The maximum absolute atomic E-state index is 12.7. The van der Waals surface area contributed by atoms with Crippen LogP contribution in [0.2, 0.25) is 0 Å². The monoisotopic (exact) mass is 624 g/mol. The predicted molar refractivity (Wildman–Crippen MR) is 173 cm³/mol. The van der Waals surface area contributed by atoms with Crippen molar-refractivity contribution in [2.45, 2.75) is 45.4 Å². The number of fused-ring (bicyclic) bond motifs is 1. The van der Waals surface area contributed by atoms with Gasteiger partial charge in [-0.05, 0) is 69.2 Å². The lowest BCUT2D eigenvalue weighted by atomic mass is 10.2. The van der Waals surface area contributed by atoms with Crippen LogP contribution in [0.5, 0.6) is 17.2 Å². The maximum atomic E-state index is 12.7. The third-order valence-corrected chi connectivity index (χ3v) is 7.34. The molecule has 0 bridgehead atoms. The van der Waals surface area contributed by atoms with Crippen LogP contribution in [-0.4, -0.2) is 73.5 Å². The number of ether oxygens (including phenoxy) is 3. The lowest BCUT2D eigenvalue weighted by molar-refractivity contribution is 0.0293. The fraction of sp³-hybridized carbons (Fsp3) is 0.303. The minimum absolute atomic E-state index is 0.0555. The van der Waals surface area contributed by atoms with E-state index < -0.39 is 5.60 Å². The second-order valence-corrected chi connectivity index (χ2v) is 11.9. The van der Waals surface area contributed by atoms with E-state index in [0.29, 0.717) is 59.5 Å². The van der Waals surface area contributed by atoms with E-state index in [9.17, 15) is 9.59 Å². The second-order valence-electron chi connectivity index (χ2n) is 11.9. The van der Waals surface area contributed by atoms with Crippen molar-refractivity contribution in [2.24, 2.45) is 0 Å². The summed E-state index contributed by atoms with van der Waals surface area (Å²) in [6.45, 7) is 7.08. The van der Waals surface area contributed by atoms with Crippen molar-refractivity contribution >= 4 is 34.8 Å². The largest absolute Gasteiger partial charge is 0.497 e. The molecule has 3 N–H and O–H groups in total. The normalized spacial score (nSPS) is 14.7. The predicted octanol–water partition coefficient (Wildman–Crippen LogP) is 5.68. The van der Waals surface area contributed by atoms with Gasteiger partial charge in [0.1, 0.15) is 28.2 Å². The Balaban J connectivity index is 1.26. The number of nitrogens with one attached hydrogen (secondary N) is 3. The number of carbonyl (C=O) groups is 2.